The lowest BCUT2D eigenvalue weighted by Crippen LogP contribution is -2.20. The molecular weight excluding hydrogens is 352 g/mol. The number of ether oxygens (including phenoxy) is 2. The largest absolute Gasteiger partial charge is 0.454 e. The van der Waals surface area contributed by atoms with Crippen LogP contribution in [0.15, 0.2) is 42.5 Å². The van der Waals surface area contributed by atoms with Crippen LogP contribution in [0.25, 0.3) is 17.0 Å². The Hall–Kier alpha value is -3.21. The summed E-state index contributed by atoms with van der Waals surface area (Å²) in [5.41, 5.74) is 6.06. The van der Waals surface area contributed by atoms with Crippen LogP contribution in [0.1, 0.15) is 35.2 Å². The average molecular weight is 374 g/mol. The quantitative estimate of drug-likeness (QED) is 0.676. The first-order valence-electron chi connectivity index (χ1n) is 9.74. The maximum absolute atomic E-state index is 12.2. The molecule has 0 fully saturated rings. The van der Waals surface area contributed by atoms with Crippen molar-refractivity contribution in [3.05, 3.63) is 64.9 Å². The van der Waals surface area contributed by atoms with Gasteiger partial charge in [0.25, 0.3) is 0 Å². The van der Waals surface area contributed by atoms with Crippen LogP contribution in [-0.2, 0) is 24.2 Å². The number of nitrogens with one attached hydrogen (secondary N) is 2. The van der Waals surface area contributed by atoms with E-state index in [0.29, 0.717) is 12.3 Å². The molecule has 0 radical (unpaired) electrons. The molecule has 2 N–H and O–H groups in total. The summed E-state index contributed by atoms with van der Waals surface area (Å²) in [6.07, 6.45) is 8.13. The van der Waals surface area contributed by atoms with E-state index in [1.807, 2.05) is 18.2 Å². The lowest BCUT2D eigenvalue weighted by atomic mass is 9.95. The highest BCUT2D eigenvalue weighted by Crippen LogP contribution is 2.33. The summed E-state index contributed by atoms with van der Waals surface area (Å²) in [6.45, 7) is 0.762. The summed E-state index contributed by atoms with van der Waals surface area (Å²) >= 11 is 0. The fraction of sp³-hybridized carbons (Fsp3) is 0.261. The topological polar surface area (TPSA) is 63.4 Å². The molecule has 1 amide bonds. The number of H-pyrrole nitrogens is 1. The summed E-state index contributed by atoms with van der Waals surface area (Å²) in [5, 5.41) is 4.27. The van der Waals surface area contributed by atoms with Crippen LogP contribution in [0.3, 0.4) is 0 Å². The number of fused-ring (bicyclic) bond motifs is 4. The summed E-state index contributed by atoms with van der Waals surface area (Å²) < 4.78 is 10.7. The average Bonchev–Trinajstić information content (AvgIpc) is 3.34. The maximum Gasteiger partial charge on any atom is 0.244 e. The van der Waals surface area contributed by atoms with E-state index in [4.69, 9.17) is 9.47 Å². The van der Waals surface area contributed by atoms with Gasteiger partial charge in [-0.1, -0.05) is 12.1 Å². The molecule has 0 spiro atoms. The van der Waals surface area contributed by atoms with Gasteiger partial charge < -0.3 is 19.8 Å². The fourth-order valence-electron chi connectivity index (χ4n) is 4.00. The van der Waals surface area contributed by atoms with Crippen LogP contribution >= 0.6 is 0 Å². The minimum Gasteiger partial charge on any atom is -0.454 e. The van der Waals surface area contributed by atoms with Crippen molar-refractivity contribution in [1.29, 1.82) is 0 Å². The molecule has 142 valence electrons. The van der Waals surface area contributed by atoms with Gasteiger partial charge in [0.15, 0.2) is 11.5 Å². The predicted molar refractivity (Wildman–Crippen MR) is 108 cm³/mol. The number of aromatic amines is 1. The van der Waals surface area contributed by atoms with Crippen molar-refractivity contribution in [2.45, 2.75) is 32.2 Å². The minimum absolute atomic E-state index is 0.117. The van der Waals surface area contributed by atoms with Gasteiger partial charge in [0.2, 0.25) is 12.7 Å². The van der Waals surface area contributed by atoms with Gasteiger partial charge in [0.05, 0.1) is 0 Å². The molecule has 1 aliphatic carbocycles. The number of rotatable bonds is 4. The number of carbonyl (C=O) groups is 1. The highest BCUT2D eigenvalue weighted by atomic mass is 16.7. The summed E-state index contributed by atoms with van der Waals surface area (Å²) in [6, 6.07) is 12.0. The van der Waals surface area contributed by atoms with Crippen LogP contribution in [0.5, 0.6) is 11.5 Å². The molecule has 2 aliphatic rings. The molecule has 5 nitrogen and oxygen atoms in total. The minimum atomic E-state index is -0.117. The molecular formula is C23H22N2O3. The maximum atomic E-state index is 12.2. The van der Waals surface area contributed by atoms with Gasteiger partial charge in [0, 0.05) is 29.2 Å². The second-order valence-corrected chi connectivity index (χ2v) is 7.33. The van der Waals surface area contributed by atoms with Gasteiger partial charge in [-0.05, 0) is 72.7 Å². The summed E-state index contributed by atoms with van der Waals surface area (Å²) in [7, 11) is 0. The Bertz CT molecular complexity index is 1080. The van der Waals surface area contributed by atoms with Crippen molar-refractivity contribution in [3.8, 4) is 11.5 Å². The lowest BCUT2D eigenvalue weighted by Gasteiger charge is -2.10. The number of aryl methyl sites for hydroxylation is 2. The molecule has 2 heterocycles. The van der Waals surface area contributed by atoms with E-state index in [1.165, 1.54) is 35.0 Å². The number of carbonyl (C=O) groups excluding carboxylic acids is 1. The molecule has 1 aliphatic heterocycles. The molecule has 5 rings (SSSR count). The Morgan fingerprint density at radius 3 is 2.93 bits per heavy atom. The van der Waals surface area contributed by atoms with Crippen LogP contribution < -0.4 is 14.8 Å². The second-order valence-electron chi connectivity index (χ2n) is 7.33. The van der Waals surface area contributed by atoms with E-state index in [9.17, 15) is 4.79 Å². The van der Waals surface area contributed by atoms with Gasteiger partial charge in [-0.15, -0.1) is 0 Å². The fourth-order valence-corrected chi connectivity index (χ4v) is 4.00. The molecule has 0 atom stereocenters. The highest BCUT2D eigenvalue weighted by molar-refractivity contribution is 5.92. The van der Waals surface area contributed by atoms with Crippen molar-refractivity contribution in [1.82, 2.24) is 10.3 Å². The summed E-state index contributed by atoms with van der Waals surface area (Å²) in [5.74, 6) is 1.34. The third-order valence-electron chi connectivity index (χ3n) is 5.45. The van der Waals surface area contributed by atoms with Crippen LogP contribution in [0, 0.1) is 0 Å². The van der Waals surface area contributed by atoms with Crippen molar-refractivity contribution >= 4 is 22.9 Å². The van der Waals surface area contributed by atoms with E-state index in [1.54, 1.807) is 12.2 Å². The third kappa shape index (κ3) is 3.24. The van der Waals surface area contributed by atoms with E-state index in [0.717, 1.165) is 29.7 Å². The van der Waals surface area contributed by atoms with E-state index >= 15 is 0 Å². The highest BCUT2D eigenvalue weighted by Gasteiger charge is 2.15. The molecule has 1 aromatic heterocycles. The number of hydrogen-bond acceptors (Lipinski definition) is 3. The van der Waals surface area contributed by atoms with Crippen LogP contribution in [0.2, 0.25) is 0 Å². The molecule has 0 unspecified atom stereocenters. The molecule has 0 saturated heterocycles. The number of benzene rings is 2. The van der Waals surface area contributed by atoms with Gasteiger partial charge in [-0.2, -0.15) is 0 Å². The van der Waals surface area contributed by atoms with Crippen molar-refractivity contribution in [2.24, 2.45) is 0 Å². The Balaban J connectivity index is 1.25. The van der Waals surface area contributed by atoms with E-state index in [-0.39, 0.29) is 12.7 Å². The van der Waals surface area contributed by atoms with Crippen LogP contribution in [0.4, 0.5) is 0 Å². The molecule has 0 bridgehead atoms. The van der Waals surface area contributed by atoms with Gasteiger partial charge in [-0.3, -0.25) is 4.79 Å². The Morgan fingerprint density at radius 1 is 1.07 bits per heavy atom. The van der Waals surface area contributed by atoms with Crippen LogP contribution in [-0.4, -0.2) is 17.7 Å². The zero-order valence-corrected chi connectivity index (χ0v) is 15.6. The molecule has 3 aromatic rings. The summed E-state index contributed by atoms with van der Waals surface area (Å²) in [4.78, 5) is 15.8. The third-order valence-corrected chi connectivity index (χ3v) is 5.45. The molecule has 28 heavy (non-hydrogen) atoms. The standard InChI is InChI=1S/C23H22N2O3/c26-23(10-7-15-6-9-21-22(12-15)28-14-27-21)24-13-16-5-8-20-18(11-16)17-3-1-2-4-19(17)25-20/h5-12,25H,1-4,13-14H2,(H,24,26)/b10-7+. The monoisotopic (exact) mass is 374 g/mol. The Morgan fingerprint density at radius 2 is 1.96 bits per heavy atom. The first-order chi connectivity index (χ1) is 13.8. The first kappa shape index (κ1) is 16.9. The Labute approximate surface area is 163 Å². The van der Waals surface area contributed by atoms with Crippen molar-refractivity contribution < 1.29 is 14.3 Å². The Kier molecular flexibility index (Phi) is 4.28. The SMILES string of the molecule is O=C(/C=C/c1ccc2c(c1)OCO2)NCc1ccc2[nH]c3c(c2c1)CCCC3. The number of aromatic nitrogens is 1. The first-order valence-corrected chi connectivity index (χ1v) is 9.74. The normalized spacial score (nSPS) is 15.1. The van der Waals surface area contributed by atoms with Gasteiger partial charge in [0.1, 0.15) is 0 Å². The van der Waals surface area contributed by atoms with Gasteiger partial charge >= 0.3 is 0 Å². The zero-order chi connectivity index (χ0) is 18.9. The molecule has 2 aromatic carbocycles. The molecule has 0 saturated carbocycles. The second kappa shape index (κ2) is 7.08. The number of hydrogen-bond donors (Lipinski definition) is 2. The smallest absolute Gasteiger partial charge is 0.244 e. The lowest BCUT2D eigenvalue weighted by molar-refractivity contribution is -0.116. The van der Waals surface area contributed by atoms with E-state index < -0.39 is 0 Å². The zero-order valence-electron chi connectivity index (χ0n) is 15.6. The predicted octanol–water partition coefficient (Wildman–Crippen LogP) is 4.11. The van der Waals surface area contributed by atoms with Gasteiger partial charge in [-0.25, -0.2) is 0 Å². The van der Waals surface area contributed by atoms with Crippen molar-refractivity contribution in [3.63, 3.8) is 0 Å². The van der Waals surface area contributed by atoms with E-state index in [2.05, 4.69) is 28.5 Å². The molecule has 5 heteroatoms. The number of amides is 1. The van der Waals surface area contributed by atoms with Crippen molar-refractivity contribution in [2.75, 3.05) is 6.79 Å².